The zero-order chi connectivity index (χ0) is 13.5. The van der Waals surface area contributed by atoms with Crippen LogP contribution in [-0.4, -0.2) is 42.7 Å². The van der Waals surface area contributed by atoms with Gasteiger partial charge >= 0.3 is 0 Å². The number of rotatable bonds is 6. The van der Waals surface area contributed by atoms with Gasteiger partial charge in [0, 0.05) is 13.6 Å². The van der Waals surface area contributed by atoms with E-state index in [-0.39, 0.29) is 12.5 Å². The number of benzene rings is 1. The van der Waals surface area contributed by atoms with Crippen molar-refractivity contribution in [1.82, 2.24) is 4.90 Å². The number of hydrogen-bond donors (Lipinski definition) is 1. The van der Waals surface area contributed by atoms with Crippen molar-refractivity contribution in [3.63, 3.8) is 0 Å². The highest BCUT2D eigenvalue weighted by Crippen LogP contribution is 2.19. The van der Waals surface area contributed by atoms with E-state index in [1.165, 1.54) is 4.90 Å². The SMILES string of the molecule is Cc1ccc(C)c(OCCC(=O)N(C)CCO)c1. The second-order valence-electron chi connectivity index (χ2n) is 4.41. The van der Waals surface area contributed by atoms with E-state index >= 15 is 0 Å². The molecule has 0 fully saturated rings. The highest BCUT2D eigenvalue weighted by atomic mass is 16.5. The molecule has 0 aliphatic heterocycles. The van der Waals surface area contributed by atoms with Crippen LogP contribution in [0.2, 0.25) is 0 Å². The fourth-order valence-corrected chi connectivity index (χ4v) is 1.58. The Morgan fingerprint density at radius 3 is 2.78 bits per heavy atom. The van der Waals surface area contributed by atoms with Gasteiger partial charge in [-0.05, 0) is 31.0 Å². The van der Waals surface area contributed by atoms with E-state index in [4.69, 9.17) is 9.84 Å². The first-order chi connectivity index (χ1) is 8.54. The lowest BCUT2D eigenvalue weighted by Gasteiger charge is -2.16. The first-order valence-corrected chi connectivity index (χ1v) is 6.09. The van der Waals surface area contributed by atoms with E-state index in [1.54, 1.807) is 7.05 Å². The lowest BCUT2D eigenvalue weighted by Crippen LogP contribution is -2.30. The standard InChI is InChI=1S/C14H21NO3/c1-11-4-5-12(2)13(10-11)18-9-6-14(17)15(3)7-8-16/h4-5,10,16H,6-9H2,1-3H3. The predicted molar refractivity (Wildman–Crippen MR) is 70.8 cm³/mol. The van der Waals surface area contributed by atoms with Crippen molar-refractivity contribution >= 4 is 5.91 Å². The van der Waals surface area contributed by atoms with Gasteiger partial charge in [-0.3, -0.25) is 4.79 Å². The molecule has 100 valence electrons. The number of aliphatic hydroxyl groups is 1. The zero-order valence-electron chi connectivity index (χ0n) is 11.3. The fraction of sp³-hybridized carbons (Fsp3) is 0.500. The molecule has 0 spiro atoms. The quantitative estimate of drug-likeness (QED) is 0.834. The second kappa shape index (κ2) is 7.01. The maximum Gasteiger partial charge on any atom is 0.225 e. The third-order valence-corrected chi connectivity index (χ3v) is 2.78. The molecule has 0 radical (unpaired) electrons. The summed E-state index contributed by atoms with van der Waals surface area (Å²) in [5.74, 6) is 0.807. The Balaban J connectivity index is 2.42. The molecule has 1 N–H and O–H groups in total. The fourth-order valence-electron chi connectivity index (χ4n) is 1.58. The van der Waals surface area contributed by atoms with Gasteiger partial charge in [0.25, 0.3) is 0 Å². The number of aryl methyl sites for hydroxylation is 2. The van der Waals surface area contributed by atoms with E-state index in [1.807, 2.05) is 32.0 Å². The number of amides is 1. The van der Waals surface area contributed by atoms with Gasteiger partial charge in [0.15, 0.2) is 0 Å². The van der Waals surface area contributed by atoms with Crippen molar-refractivity contribution in [3.8, 4) is 5.75 Å². The van der Waals surface area contributed by atoms with Crippen molar-refractivity contribution < 1.29 is 14.6 Å². The molecular formula is C14H21NO3. The maximum atomic E-state index is 11.6. The molecule has 1 rings (SSSR count). The van der Waals surface area contributed by atoms with E-state index in [0.717, 1.165) is 16.9 Å². The van der Waals surface area contributed by atoms with Crippen LogP contribution in [0.25, 0.3) is 0 Å². The predicted octanol–water partition coefficient (Wildman–Crippen LogP) is 1.52. The molecule has 0 atom stereocenters. The van der Waals surface area contributed by atoms with Crippen LogP contribution in [0, 0.1) is 13.8 Å². The number of nitrogens with zero attached hydrogens (tertiary/aromatic N) is 1. The van der Waals surface area contributed by atoms with Crippen molar-refractivity contribution in [2.45, 2.75) is 20.3 Å². The Hall–Kier alpha value is -1.55. The van der Waals surface area contributed by atoms with Gasteiger partial charge in [-0.25, -0.2) is 0 Å². The van der Waals surface area contributed by atoms with Crippen LogP contribution < -0.4 is 4.74 Å². The number of aliphatic hydroxyl groups excluding tert-OH is 1. The lowest BCUT2D eigenvalue weighted by molar-refractivity contribution is -0.130. The van der Waals surface area contributed by atoms with Crippen molar-refractivity contribution in [2.75, 3.05) is 26.8 Å². The molecule has 0 aromatic heterocycles. The minimum Gasteiger partial charge on any atom is -0.493 e. The molecule has 0 saturated carbocycles. The Bertz CT molecular complexity index is 404. The Labute approximate surface area is 108 Å². The molecule has 4 nitrogen and oxygen atoms in total. The third-order valence-electron chi connectivity index (χ3n) is 2.78. The summed E-state index contributed by atoms with van der Waals surface area (Å²) >= 11 is 0. The van der Waals surface area contributed by atoms with Gasteiger partial charge in [-0.1, -0.05) is 12.1 Å². The smallest absolute Gasteiger partial charge is 0.225 e. The molecular weight excluding hydrogens is 230 g/mol. The van der Waals surface area contributed by atoms with Crippen LogP contribution in [-0.2, 0) is 4.79 Å². The monoisotopic (exact) mass is 251 g/mol. The second-order valence-corrected chi connectivity index (χ2v) is 4.41. The summed E-state index contributed by atoms with van der Waals surface area (Å²) in [6.45, 7) is 4.70. The van der Waals surface area contributed by atoms with Crippen LogP contribution in [0.3, 0.4) is 0 Å². The molecule has 4 heteroatoms. The molecule has 0 bridgehead atoms. The van der Waals surface area contributed by atoms with E-state index < -0.39 is 0 Å². The molecule has 0 aliphatic rings. The summed E-state index contributed by atoms with van der Waals surface area (Å²) in [5.41, 5.74) is 2.20. The minimum atomic E-state index is -0.0191. The van der Waals surface area contributed by atoms with Gasteiger partial charge in [0.2, 0.25) is 5.91 Å². The summed E-state index contributed by atoms with van der Waals surface area (Å²) in [6.07, 6.45) is 0.323. The van der Waals surface area contributed by atoms with Gasteiger partial charge in [0.1, 0.15) is 5.75 Å². The number of hydrogen-bond acceptors (Lipinski definition) is 3. The maximum absolute atomic E-state index is 11.6. The van der Waals surface area contributed by atoms with Gasteiger partial charge < -0.3 is 14.7 Å². The average Bonchev–Trinajstić information content (AvgIpc) is 2.33. The highest BCUT2D eigenvalue weighted by Gasteiger charge is 2.08. The van der Waals surface area contributed by atoms with E-state index in [9.17, 15) is 4.79 Å². The number of carbonyl (C=O) groups is 1. The first-order valence-electron chi connectivity index (χ1n) is 6.09. The minimum absolute atomic E-state index is 0.0138. The molecule has 0 aliphatic carbocycles. The Morgan fingerprint density at radius 2 is 2.11 bits per heavy atom. The van der Waals surface area contributed by atoms with Crippen LogP contribution in [0.15, 0.2) is 18.2 Å². The van der Waals surface area contributed by atoms with Crippen molar-refractivity contribution in [1.29, 1.82) is 0 Å². The number of carbonyl (C=O) groups excluding carboxylic acids is 1. The average molecular weight is 251 g/mol. The third kappa shape index (κ3) is 4.37. The topological polar surface area (TPSA) is 49.8 Å². The van der Waals surface area contributed by atoms with E-state index in [2.05, 4.69) is 0 Å². The summed E-state index contributed by atoms with van der Waals surface area (Å²) < 4.78 is 5.61. The summed E-state index contributed by atoms with van der Waals surface area (Å²) in [6, 6.07) is 6.00. The highest BCUT2D eigenvalue weighted by molar-refractivity contribution is 5.75. The molecule has 1 amide bonds. The van der Waals surface area contributed by atoms with Gasteiger partial charge in [0.05, 0.1) is 19.6 Å². The van der Waals surface area contributed by atoms with Crippen LogP contribution in [0.1, 0.15) is 17.5 Å². The summed E-state index contributed by atoms with van der Waals surface area (Å²) in [7, 11) is 1.68. The van der Waals surface area contributed by atoms with Gasteiger partial charge in [-0.15, -0.1) is 0 Å². The lowest BCUT2D eigenvalue weighted by atomic mass is 10.1. The molecule has 0 unspecified atom stereocenters. The van der Waals surface area contributed by atoms with Gasteiger partial charge in [-0.2, -0.15) is 0 Å². The molecule has 18 heavy (non-hydrogen) atoms. The molecule has 1 aromatic rings. The number of ether oxygens (including phenoxy) is 1. The first kappa shape index (κ1) is 14.5. The largest absolute Gasteiger partial charge is 0.493 e. The summed E-state index contributed by atoms with van der Waals surface area (Å²) in [5, 5.41) is 8.73. The van der Waals surface area contributed by atoms with Crippen LogP contribution in [0.5, 0.6) is 5.75 Å². The summed E-state index contributed by atoms with van der Waals surface area (Å²) in [4.78, 5) is 13.1. The van der Waals surface area contributed by atoms with Crippen LogP contribution in [0.4, 0.5) is 0 Å². The molecule has 0 heterocycles. The van der Waals surface area contributed by atoms with Crippen LogP contribution >= 0.6 is 0 Å². The Morgan fingerprint density at radius 1 is 1.39 bits per heavy atom. The van der Waals surface area contributed by atoms with E-state index in [0.29, 0.717) is 19.6 Å². The number of likely N-dealkylation sites (N-methyl/N-ethyl adjacent to an activating group) is 1. The van der Waals surface area contributed by atoms with Crippen molar-refractivity contribution in [3.05, 3.63) is 29.3 Å². The zero-order valence-corrected chi connectivity index (χ0v) is 11.3. The normalized spacial score (nSPS) is 10.2. The molecule has 0 saturated heterocycles. The van der Waals surface area contributed by atoms with Crippen molar-refractivity contribution in [2.24, 2.45) is 0 Å². The molecule has 1 aromatic carbocycles. The Kier molecular flexibility index (Phi) is 5.65.